The monoisotopic (exact) mass is 255 g/mol. The van der Waals surface area contributed by atoms with Gasteiger partial charge in [0, 0.05) is 6.61 Å². The van der Waals surface area contributed by atoms with E-state index in [2.05, 4.69) is 4.98 Å². The van der Waals surface area contributed by atoms with Crippen LogP contribution in [0.2, 0.25) is 5.15 Å². The van der Waals surface area contributed by atoms with Crippen molar-refractivity contribution in [1.29, 1.82) is 0 Å². The first-order chi connectivity index (χ1) is 8.25. The van der Waals surface area contributed by atoms with Crippen molar-refractivity contribution in [3.63, 3.8) is 0 Å². The highest BCUT2D eigenvalue weighted by molar-refractivity contribution is 6.29. The number of hydrogen-bond donors (Lipinski definition) is 0. The number of esters is 1. The van der Waals surface area contributed by atoms with E-state index in [0.717, 1.165) is 25.9 Å². The van der Waals surface area contributed by atoms with E-state index in [1.807, 2.05) is 0 Å². The van der Waals surface area contributed by atoms with Crippen molar-refractivity contribution >= 4 is 17.6 Å². The third kappa shape index (κ3) is 3.68. The van der Waals surface area contributed by atoms with Gasteiger partial charge in [0.15, 0.2) is 0 Å². The van der Waals surface area contributed by atoms with Gasteiger partial charge in [0.1, 0.15) is 17.5 Å². The van der Waals surface area contributed by atoms with Crippen molar-refractivity contribution in [2.45, 2.75) is 25.4 Å². The summed E-state index contributed by atoms with van der Waals surface area (Å²) < 4.78 is 10.6. The molecule has 0 amide bonds. The fraction of sp³-hybridized carbons (Fsp3) is 0.500. The Labute approximate surface area is 105 Å². The van der Waals surface area contributed by atoms with Crippen LogP contribution in [-0.4, -0.2) is 30.3 Å². The van der Waals surface area contributed by atoms with Gasteiger partial charge in [-0.1, -0.05) is 17.7 Å². The second-order valence-electron chi connectivity index (χ2n) is 3.93. The number of pyridine rings is 1. The lowest BCUT2D eigenvalue weighted by Crippen LogP contribution is -2.26. The normalized spacial score (nSPS) is 19.9. The average Bonchev–Trinajstić information content (AvgIpc) is 2.37. The lowest BCUT2D eigenvalue weighted by molar-refractivity contribution is -0.0302. The maximum absolute atomic E-state index is 11.6. The molecule has 1 aliphatic heterocycles. The fourth-order valence-electron chi connectivity index (χ4n) is 1.70. The third-order valence-electron chi connectivity index (χ3n) is 2.60. The molecule has 0 bridgehead atoms. The summed E-state index contributed by atoms with van der Waals surface area (Å²) >= 11 is 5.69. The van der Waals surface area contributed by atoms with Gasteiger partial charge in [-0.25, -0.2) is 9.78 Å². The molecular formula is C12H14ClNO3. The van der Waals surface area contributed by atoms with Gasteiger partial charge in [-0.3, -0.25) is 0 Å². The van der Waals surface area contributed by atoms with Crippen molar-refractivity contribution < 1.29 is 14.3 Å². The van der Waals surface area contributed by atoms with Crippen LogP contribution in [0.5, 0.6) is 0 Å². The van der Waals surface area contributed by atoms with Gasteiger partial charge in [0.2, 0.25) is 0 Å². The minimum Gasteiger partial charge on any atom is -0.458 e. The number of aromatic nitrogens is 1. The highest BCUT2D eigenvalue weighted by Crippen LogP contribution is 2.13. The molecular weight excluding hydrogens is 242 g/mol. The van der Waals surface area contributed by atoms with E-state index in [1.54, 1.807) is 18.2 Å². The Morgan fingerprint density at radius 2 is 2.41 bits per heavy atom. The molecule has 2 heterocycles. The Morgan fingerprint density at radius 1 is 1.53 bits per heavy atom. The van der Waals surface area contributed by atoms with E-state index in [9.17, 15) is 4.79 Å². The Morgan fingerprint density at radius 3 is 3.12 bits per heavy atom. The van der Waals surface area contributed by atoms with Crippen molar-refractivity contribution in [3.8, 4) is 0 Å². The quantitative estimate of drug-likeness (QED) is 0.615. The van der Waals surface area contributed by atoms with Gasteiger partial charge in [-0.15, -0.1) is 0 Å². The molecule has 1 unspecified atom stereocenters. The van der Waals surface area contributed by atoms with E-state index >= 15 is 0 Å². The number of carbonyl (C=O) groups excluding carboxylic acids is 1. The first kappa shape index (κ1) is 12.3. The second-order valence-corrected chi connectivity index (χ2v) is 4.32. The fourth-order valence-corrected chi connectivity index (χ4v) is 1.87. The molecule has 5 heteroatoms. The van der Waals surface area contributed by atoms with Gasteiger partial charge in [0.05, 0.1) is 6.10 Å². The Hall–Kier alpha value is -1.13. The van der Waals surface area contributed by atoms with E-state index < -0.39 is 5.97 Å². The molecule has 92 valence electrons. The zero-order valence-electron chi connectivity index (χ0n) is 9.39. The molecule has 0 aromatic carbocycles. The Bertz CT molecular complexity index is 391. The highest BCUT2D eigenvalue weighted by Gasteiger charge is 2.17. The van der Waals surface area contributed by atoms with Crippen molar-refractivity contribution in [2.24, 2.45) is 0 Å². The number of carbonyl (C=O) groups is 1. The molecule has 1 atom stereocenters. The third-order valence-corrected chi connectivity index (χ3v) is 2.81. The molecule has 0 spiro atoms. The number of nitrogens with zero attached hydrogens (tertiary/aromatic N) is 1. The van der Waals surface area contributed by atoms with Gasteiger partial charge in [0.25, 0.3) is 0 Å². The summed E-state index contributed by atoms with van der Waals surface area (Å²) in [5, 5.41) is 0.286. The van der Waals surface area contributed by atoms with Crippen LogP contribution in [-0.2, 0) is 9.47 Å². The SMILES string of the molecule is O=C(OCC1CCCCO1)c1cccc(Cl)n1. The zero-order valence-corrected chi connectivity index (χ0v) is 10.2. The van der Waals surface area contributed by atoms with Crippen LogP contribution in [0.25, 0.3) is 0 Å². The van der Waals surface area contributed by atoms with E-state index in [-0.39, 0.29) is 23.6 Å². The van der Waals surface area contributed by atoms with Crippen molar-refractivity contribution in [2.75, 3.05) is 13.2 Å². The topological polar surface area (TPSA) is 48.4 Å². The van der Waals surface area contributed by atoms with E-state index in [0.29, 0.717) is 0 Å². The van der Waals surface area contributed by atoms with Crippen molar-refractivity contribution in [1.82, 2.24) is 4.98 Å². The van der Waals surface area contributed by atoms with Crippen LogP contribution < -0.4 is 0 Å². The van der Waals surface area contributed by atoms with Crippen LogP contribution in [0.1, 0.15) is 29.8 Å². The van der Waals surface area contributed by atoms with Gasteiger partial charge in [-0.05, 0) is 31.4 Å². The molecule has 1 aromatic heterocycles. The molecule has 0 saturated carbocycles. The first-order valence-electron chi connectivity index (χ1n) is 5.67. The van der Waals surface area contributed by atoms with Crippen molar-refractivity contribution in [3.05, 3.63) is 29.0 Å². The average molecular weight is 256 g/mol. The van der Waals surface area contributed by atoms with Crippen LogP contribution in [0.4, 0.5) is 0 Å². The highest BCUT2D eigenvalue weighted by atomic mass is 35.5. The lowest BCUT2D eigenvalue weighted by atomic mass is 10.1. The predicted octanol–water partition coefficient (Wildman–Crippen LogP) is 2.46. The molecule has 0 N–H and O–H groups in total. The molecule has 1 saturated heterocycles. The predicted molar refractivity (Wildman–Crippen MR) is 63.1 cm³/mol. The summed E-state index contributed by atoms with van der Waals surface area (Å²) in [4.78, 5) is 15.5. The zero-order chi connectivity index (χ0) is 12.1. The van der Waals surface area contributed by atoms with E-state index in [4.69, 9.17) is 21.1 Å². The summed E-state index contributed by atoms with van der Waals surface area (Å²) in [6.07, 6.45) is 3.17. The van der Waals surface area contributed by atoms with Crippen LogP contribution >= 0.6 is 11.6 Å². The molecule has 0 aliphatic carbocycles. The summed E-state index contributed by atoms with van der Waals surface area (Å²) in [6.45, 7) is 1.03. The number of hydrogen-bond acceptors (Lipinski definition) is 4. The summed E-state index contributed by atoms with van der Waals surface area (Å²) in [5.41, 5.74) is 0.230. The number of halogens is 1. The van der Waals surface area contributed by atoms with Crippen LogP contribution in [0.3, 0.4) is 0 Å². The molecule has 1 aromatic rings. The number of rotatable bonds is 3. The minimum atomic E-state index is -0.457. The molecule has 4 nitrogen and oxygen atoms in total. The number of ether oxygens (including phenoxy) is 2. The summed E-state index contributed by atoms with van der Waals surface area (Å²) in [7, 11) is 0. The largest absolute Gasteiger partial charge is 0.458 e. The summed E-state index contributed by atoms with van der Waals surface area (Å²) in [6, 6.07) is 4.86. The van der Waals surface area contributed by atoms with Gasteiger partial charge < -0.3 is 9.47 Å². The lowest BCUT2D eigenvalue weighted by Gasteiger charge is -2.21. The molecule has 1 aliphatic rings. The maximum atomic E-state index is 11.6. The Kier molecular flexibility index (Phi) is 4.34. The second kappa shape index (κ2) is 5.98. The van der Waals surface area contributed by atoms with Crippen LogP contribution in [0.15, 0.2) is 18.2 Å². The van der Waals surface area contributed by atoms with Gasteiger partial charge in [-0.2, -0.15) is 0 Å². The van der Waals surface area contributed by atoms with Crippen LogP contribution in [0, 0.1) is 0 Å². The standard InChI is InChI=1S/C12H14ClNO3/c13-11-6-3-5-10(14-11)12(15)17-8-9-4-1-2-7-16-9/h3,5-6,9H,1-2,4,7-8H2. The smallest absolute Gasteiger partial charge is 0.357 e. The molecule has 17 heavy (non-hydrogen) atoms. The summed E-state index contributed by atoms with van der Waals surface area (Å²) in [5.74, 6) is -0.457. The molecule has 1 fully saturated rings. The van der Waals surface area contributed by atoms with Gasteiger partial charge >= 0.3 is 5.97 Å². The maximum Gasteiger partial charge on any atom is 0.357 e. The Balaban J connectivity index is 1.84. The molecule has 0 radical (unpaired) electrons. The first-order valence-corrected chi connectivity index (χ1v) is 6.05. The minimum absolute atomic E-state index is 0.0203. The molecule has 2 rings (SSSR count). The van der Waals surface area contributed by atoms with E-state index in [1.165, 1.54) is 0 Å².